The summed E-state index contributed by atoms with van der Waals surface area (Å²) in [6.45, 7) is 5.71. The third-order valence-corrected chi connectivity index (χ3v) is 4.06. The number of furan rings is 1. The molecule has 0 saturated carbocycles. The van der Waals surface area contributed by atoms with Gasteiger partial charge in [0, 0.05) is 32.7 Å². The molecule has 1 aliphatic heterocycles. The number of aliphatic imine (C=N–C) groups is 1. The van der Waals surface area contributed by atoms with Crippen molar-refractivity contribution in [2.75, 3.05) is 26.2 Å². The molecule has 1 saturated heterocycles. The van der Waals surface area contributed by atoms with Crippen LogP contribution in [0.3, 0.4) is 0 Å². The highest BCUT2D eigenvalue weighted by Crippen LogP contribution is 2.14. The lowest BCUT2D eigenvalue weighted by molar-refractivity contribution is 0.0122. The van der Waals surface area contributed by atoms with E-state index < -0.39 is 0 Å². The number of unbranched alkanes of at least 4 members (excludes halogenated alkanes) is 1. The fourth-order valence-electron chi connectivity index (χ4n) is 2.67. The molecule has 2 heterocycles. The number of nitrogens with zero attached hydrogens (tertiary/aromatic N) is 1. The van der Waals surface area contributed by atoms with Gasteiger partial charge in [0.1, 0.15) is 5.76 Å². The zero-order valence-electron chi connectivity index (χ0n) is 14.4. The first-order valence-electron chi connectivity index (χ1n) is 9.04. The molecule has 0 aliphatic carbocycles. The molecule has 0 spiro atoms. The number of rotatable bonds is 9. The van der Waals surface area contributed by atoms with Crippen LogP contribution in [0.5, 0.6) is 0 Å². The lowest BCUT2D eigenvalue weighted by Crippen LogP contribution is -2.40. The quantitative estimate of drug-likeness (QED) is 0.417. The van der Waals surface area contributed by atoms with Crippen molar-refractivity contribution in [1.29, 1.82) is 0 Å². The molecule has 0 amide bonds. The monoisotopic (exact) mass is 321 g/mol. The van der Waals surface area contributed by atoms with Gasteiger partial charge in [-0.05, 0) is 44.2 Å². The molecule has 2 rings (SSSR count). The summed E-state index contributed by atoms with van der Waals surface area (Å²) in [5.74, 6) is 1.90. The third kappa shape index (κ3) is 7.55. The molecule has 1 fully saturated rings. The van der Waals surface area contributed by atoms with E-state index in [4.69, 9.17) is 9.15 Å². The van der Waals surface area contributed by atoms with Crippen molar-refractivity contribution in [1.82, 2.24) is 10.6 Å². The molecule has 1 aromatic heterocycles. The number of nitrogens with one attached hydrogen (secondary N) is 2. The SMILES string of the molecule is CCCCN=C(NCCc1ccco1)NCCC1CCCCO1. The van der Waals surface area contributed by atoms with Gasteiger partial charge in [0.25, 0.3) is 0 Å². The highest BCUT2D eigenvalue weighted by Gasteiger charge is 2.13. The Morgan fingerprint density at radius 1 is 1.30 bits per heavy atom. The minimum absolute atomic E-state index is 0.413. The highest BCUT2D eigenvalue weighted by molar-refractivity contribution is 5.79. The molecule has 23 heavy (non-hydrogen) atoms. The predicted octanol–water partition coefficient (Wildman–Crippen LogP) is 3.12. The molecule has 1 aromatic rings. The molecule has 130 valence electrons. The Balaban J connectivity index is 1.68. The predicted molar refractivity (Wildman–Crippen MR) is 93.8 cm³/mol. The fourth-order valence-corrected chi connectivity index (χ4v) is 2.67. The molecule has 5 nitrogen and oxygen atoms in total. The Morgan fingerprint density at radius 2 is 2.22 bits per heavy atom. The summed E-state index contributed by atoms with van der Waals surface area (Å²) in [5, 5.41) is 6.83. The molecule has 0 bridgehead atoms. The Labute approximate surface area is 139 Å². The zero-order valence-corrected chi connectivity index (χ0v) is 14.4. The summed E-state index contributed by atoms with van der Waals surface area (Å²) >= 11 is 0. The van der Waals surface area contributed by atoms with E-state index >= 15 is 0 Å². The first-order valence-corrected chi connectivity index (χ1v) is 9.04. The largest absolute Gasteiger partial charge is 0.469 e. The van der Waals surface area contributed by atoms with Gasteiger partial charge in [0.05, 0.1) is 12.4 Å². The van der Waals surface area contributed by atoms with Gasteiger partial charge in [-0.15, -0.1) is 0 Å². The highest BCUT2D eigenvalue weighted by atomic mass is 16.5. The Kier molecular flexibility index (Phi) is 8.62. The average molecular weight is 321 g/mol. The van der Waals surface area contributed by atoms with Gasteiger partial charge in [-0.1, -0.05) is 13.3 Å². The Morgan fingerprint density at radius 3 is 2.96 bits per heavy atom. The first kappa shape index (κ1) is 17.9. The van der Waals surface area contributed by atoms with Gasteiger partial charge in [-0.25, -0.2) is 0 Å². The van der Waals surface area contributed by atoms with Crippen LogP contribution in [0.4, 0.5) is 0 Å². The van der Waals surface area contributed by atoms with Crippen molar-refractivity contribution in [3.05, 3.63) is 24.2 Å². The first-order chi connectivity index (χ1) is 11.4. The molecule has 1 atom stereocenters. The summed E-state index contributed by atoms with van der Waals surface area (Å²) in [5.41, 5.74) is 0. The summed E-state index contributed by atoms with van der Waals surface area (Å²) in [4.78, 5) is 4.64. The molecule has 0 radical (unpaired) electrons. The Bertz CT molecular complexity index is 425. The number of hydrogen-bond acceptors (Lipinski definition) is 3. The van der Waals surface area contributed by atoms with Crippen LogP contribution in [0.15, 0.2) is 27.8 Å². The van der Waals surface area contributed by atoms with Gasteiger partial charge in [0.2, 0.25) is 0 Å². The second-order valence-electron chi connectivity index (χ2n) is 6.04. The van der Waals surface area contributed by atoms with Crippen LogP contribution in [0.2, 0.25) is 0 Å². The second-order valence-corrected chi connectivity index (χ2v) is 6.04. The van der Waals surface area contributed by atoms with Crippen LogP contribution in [0.1, 0.15) is 51.2 Å². The summed E-state index contributed by atoms with van der Waals surface area (Å²) in [6, 6.07) is 3.93. The van der Waals surface area contributed by atoms with E-state index in [2.05, 4.69) is 22.5 Å². The van der Waals surface area contributed by atoms with Crippen LogP contribution in [-0.4, -0.2) is 38.3 Å². The Hall–Kier alpha value is -1.49. The lowest BCUT2D eigenvalue weighted by atomic mass is 10.1. The maximum atomic E-state index is 5.78. The minimum Gasteiger partial charge on any atom is -0.469 e. The van der Waals surface area contributed by atoms with Crippen molar-refractivity contribution in [3.63, 3.8) is 0 Å². The third-order valence-electron chi connectivity index (χ3n) is 4.06. The molecule has 2 N–H and O–H groups in total. The van der Waals surface area contributed by atoms with E-state index in [1.165, 1.54) is 25.7 Å². The maximum Gasteiger partial charge on any atom is 0.191 e. The van der Waals surface area contributed by atoms with Crippen molar-refractivity contribution in [2.24, 2.45) is 4.99 Å². The van der Waals surface area contributed by atoms with E-state index in [1.807, 2.05) is 12.1 Å². The minimum atomic E-state index is 0.413. The average Bonchev–Trinajstić information content (AvgIpc) is 3.09. The van der Waals surface area contributed by atoms with Gasteiger partial charge < -0.3 is 19.8 Å². The van der Waals surface area contributed by atoms with E-state index in [0.717, 1.165) is 57.2 Å². The second kappa shape index (κ2) is 11.1. The van der Waals surface area contributed by atoms with Crippen LogP contribution < -0.4 is 10.6 Å². The summed E-state index contributed by atoms with van der Waals surface area (Å²) in [7, 11) is 0. The van der Waals surface area contributed by atoms with Crippen molar-refractivity contribution in [3.8, 4) is 0 Å². The summed E-state index contributed by atoms with van der Waals surface area (Å²) < 4.78 is 11.1. The van der Waals surface area contributed by atoms with Crippen LogP contribution in [0.25, 0.3) is 0 Å². The fraction of sp³-hybridized carbons (Fsp3) is 0.722. The number of guanidine groups is 1. The maximum absolute atomic E-state index is 5.78. The van der Waals surface area contributed by atoms with Gasteiger partial charge >= 0.3 is 0 Å². The van der Waals surface area contributed by atoms with Crippen molar-refractivity contribution in [2.45, 2.75) is 58.0 Å². The van der Waals surface area contributed by atoms with Crippen LogP contribution in [-0.2, 0) is 11.2 Å². The molecule has 1 aliphatic rings. The molecular formula is C18H31N3O2. The molecule has 1 unspecified atom stereocenters. The molecule has 5 heteroatoms. The van der Waals surface area contributed by atoms with Crippen LogP contribution in [0, 0.1) is 0 Å². The topological polar surface area (TPSA) is 58.8 Å². The van der Waals surface area contributed by atoms with E-state index in [9.17, 15) is 0 Å². The van der Waals surface area contributed by atoms with E-state index in [1.54, 1.807) is 6.26 Å². The number of ether oxygens (including phenoxy) is 1. The van der Waals surface area contributed by atoms with Gasteiger partial charge in [-0.3, -0.25) is 4.99 Å². The lowest BCUT2D eigenvalue weighted by Gasteiger charge is -2.23. The van der Waals surface area contributed by atoms with Crippen molar-refractivity contribution < 1.29 is 9.15 Å². The van der Waals surface area contributed by atoms with Crippen LogP contribution >= 0.6 is 0 Å². The normalized spacial score (nSPS) is 18.8. The smallest absolute Gasteiger partial charge is 0.191 e. The van der Waals surface area contributed by atoms with Gasteiger partial charge in [-0.2, -0.15) is 0 Å². The standard InChI is InChI=1S/C18H31N3O2/c1-2-3-11-19-18(21-13-10-17-8-6-15-23-17)20-12-9-16-7-4-5-14-22-16/h6,8,15-16H,2-5,7,9-14H2,1H3,(H2,19,20,21). The number of hydrogen-bond donors (Lipinski definition) is 2. The molecule has 0 aromatic carbocycles. The molecular weight excluding hydrogens is 290 g/mol. The zero-order chi connectivity index (χ0) is 16.2. The van der Waals surface area contributed by atoms with Crippen molar-refractivity contribution >= 4 is 5.96 Å². The van der Waals surface area contributed by atoms with Gasteiger partial charge in [0.15, 0.2) is 5.96 Å². The van der Waals surface area contributed by atoms with E-state index in [-0.39, 0.29) is 0 Å². The summed E-state index contributed by atoms with van der Waals surface area (Å²) in [6.07, 6.45) is 10.0. The van der Waals surface area contributed by atoms with E-state index in [0.29, 0.717) is 6.10 Å².